The molecule has 3 N–H and O–H groups in total. The summed E-state index contributed by atoms with van der Waals surface area (Å²) in [4.78, 5) is 9.16. The van der Waals surface area contributed by atoms with Crippen LogP contribution in [-0.2, 0) is 35.6 Å². The van der Waals surface area contributed by atoms with Crippen molar-refractivity contribution in [3.05, 3.63) is 53.6 Å². The molecule has 214 valence electrons. The average molecular weight is 611 g/mol. The van der Waals surface area contributed by atoms with Crippen LogP contribution in [0.4, 0.5) is 0 Å². The van der Waals surface area contributed by atoms with E-state index >= 15 is 0 Å². The molecule has 0 aliphatic carbocycles. The van der Waals surface area contributed by atoms with Gasteiger partial charge in [0.1, 0.15) is 0 Å². The van der Waals surface area contributed by atoms with Gasteiger partial charge in [-0.3, -0.25) is 27.3 Å². The van der Waals surface area contributed by atoms with Gasteiger partial charge >= 0.3 is 20.8 Å². The molecular formula is C23H34N2O9S4. The molecule has 2 heterocycles. The van der Waals surface area contributed by atoms with Gasteiger partial charge in [0, 0.05) is 53.5 Å². The molecule has 1 saturated heterocycles. The molecule has 2 aromatic carbocycles. The molecule has 0 bridgehead atoms. The Labute approximate surface area is 233 Å². The zero-order valence-electron chi connectivity index (χ0n) is 21.4. The normalized spacial score (nSPS) is 18.1. The van der Waals surface area contributed by atoms with E-state index in [-0.39, 0.29) is 6.61 Å². The molecule has 0 spiro atoms. The minimum atomic E-state index is -4.16. The number of hydrogen-bond acceptors (Lipinski definition) is 11. The van der Waals surface area contributed by atoms with Crippen LogP contribution in [-0.4, -0.2) is 101 Å². The van der Waals surface area contributed by atoms with Crippen molar-refractivity contribution < 1.29 is 39.4 Å². The van der Waals surface area contributed by atoms with Crippen molar-refractivity contribution in [3.8, 4) is 0 Å². The lowest BCUT2D eigenvalue weighted by Gasteiger charge is -2.39. The van der Waals surface area contributed by atoms with Crippen LogP contribution in [0, 0.1) is 0 Å². The van der Waals surface area contributed by atoms with E-state index in [1.54, 1.807) is 0 Å². The molecule has 1 fully saturated rings. The van der Waals surface area contributed by atoms with E-state index in [0.29, 0.717) is 6.04 Å². The Balaban J connectivity index is 0.000000355. The first kappa shape index (κ1) is 33.0. The van der Waals surface area contributed by atoms with E-state index in [1.165, 1.54) is 25.8 Å². The largest absolute Gasteiger partial charge is 0.397 e. The minimum absolute atomic E-state index is 0.257. The van der Waals surface area contributed by atoms with Crippen LogP contribution in [0.25, 0.3) is 0 Å². The fraction of sp³-hybridized carbons (Fsp3) is 0.478. The van der Waals surface area contributed by atoms with Crippen molar-refractivity contribution in [2.75, 3.05) is 59.8 Å². The van der Waals surface area contributed by atoms with E-state index < -0.39 is 20.8 Å². The maximum absolute atomic E-state index is 9.33. The minimum Gasteiger partial charge on any atom is -0.395 e. The lowest BCUT2D eigenvalue weighted by molar-refractivity contribution is 0.0823. The molecule has 2 aromatic rings. The Hall–Kier alpha value is -1.24. The number of nitrogens with zero attached hydrogens (tertiary/aromatic N) is 2. The molecule has 0 amide bonds. The van der Waals surface area contributed by atoms with Gasteiger partial charge < -0.3 is 5.11 Å². The molecule has 0 saturated carbocycles. The van der Waals surface area contributed by atoms with Crippen LogP contribution >= 0.6 is 23.5 Å². The summed E-state index contributed by atoms with van der Waals surface area (Å²) >= 11 is 3.74. The monoisotopic (exact) mass is 610 g/mol. The Bertz CT molecular complexity index is 1200. The molecule has 0 radical (unpaired) electrons. The highest BCUT2D eigenvalue weighted by molar-refractivity contribution is 7.99. The highest BCUT2D eigenvalue weighted by Gasteiger charge is 2.30. The van der Waals surface area contributed by atoms with E-state index in [4.69, 9.17) is 9.11 Å². The number of β-amino-alcohol motifs (C(OH)–C–C–N with tert-alkyl or cyclic N) is 1. The van der Waals surface area contributed by atoms with Gasteiger partial charge in [0.2, 0.25) is 0 Å². The number of hydrogen-bond donors (Lipinski definition) is 3. The van der Waals surface area contributed by atoms with E-state index in [1.807, 2.05) is 23.5 Å². The van der Waals surface area contributed by atoms with Crippen LogP contribution in [0.5, 0.6) is 0 Å². The molecule has 1 unspecified atom stereocenters. The Morgan fingerprint density at radius 3 is 2.05 bits per heavy atom. The van der Waals surface area contributed by atoms with Gasteiger partial charge in [-0.15, -0.1) is 11.8 Å². The predicted octanol–water partition coefficient (Wildman–Crippen LogP) is 2.64. The fourth-order valence-corrected chi connectivity index (χ4v) is 5.55. The number of rotatable bonds is 6. The van der Waals surface area contributed by atoms with Gasteiger partial charge in [-0.05, 0) is 48.1 Å². The lowest BCUT2D eigenvalue weighted by atomic mass is 9.96. The number of fused-ring (bicyclic) bond motifs is 2. The van der Waals surface area contributed by atoms with Gasteiger partial charge in [-0.1, -0.05) is 30.0 Å². The molecule has 0 aromatic heterocycles. The Kier molecular flexibility index (Phi) is 13.5. The van der Waals surface area contributed by atoms with Gasteiger partial charge in [-0.2, -0.15) is 16.8 Å². The smallest absolute Gasteiger partial charge is 0.395 e. The number of aliphatic hydroxyl groups excluding tert-OH is 1. The lowest BCUT2D eigenvalue weighted by Crippen LogP contribution is -2.48. The third-order valence-corrected chi connectivity index (χ3v) is 8.64. The van der Waals surface area contributed by atoms with E-state index in [0.717, 1.165) is 53.4 Å². The third kappa shape index (κ3) is 11.1. The van der Waals surface area contributed by atoms with Crippen LogP contribution in [0.1, 0.15) is 17.2 Å². The van der Waals surface area contributed by atoms with Gasteiger partial charge in [0.05, 0.1) is 20.8 Å². The maximum Gasteiger partial charge on any atom is 0.397 e. The SMILES string of the molecule is COS(=O)(=O)O.COS(=O)(=O)O.CSc1ccc2c(c1)C(N1CCN(CCO)CC1)Cc1ccccc1S2. The number of thioether (sulfide) groups is 1. The Morgan fingerprint density at radius 2 is 1.53 bits per heavy atom. The highest BCUT2D eigenvalue weighted by atomic mass is 32.3. The molecule has 11 nitrogen and oxygen atoms in total. The van der Waals surface area contributed by atoms with Gasteiger partial charge in [0.25, 0.3) is 0 Å². The van der Waals surface area contributed by atoms with Crippen molar-refractivity contribution in [1.82, 2.24) is 9.80 Å². The summed E-state index contributed by atoms with van der Waals surface area (Å²) in [6, 6.07) is 16.3. The topological polar surface area (TPSA) is 154 Å². The fourth-order valence-electron chi connectivity index (χ4n) is 3.98. The van der Waals surface area contributed by atoms with Gasteiger partial charge in [0.15, 0.2) is 0 Å². The second-order valence-corrected chi connectivity index (χ2v) is 12.5. The average Bonchev–Trinajstić information content (AvgIpc) is 3.05. The van der Waals surface area contributed by atoms with Crippen molar-refractivity contribution in [3.63, 3.8) is 0 Å². The van der Waals surface area contributed by atoms with Crippen LogP contribution in [0.2, 0.25) is 0 Å². The summed E-state index contributed by atoms with van der Waals surface area (Å²) in [6.07, 6.45) is 3.23. The number of benzene rings is 2. The van der Waals surface area contributed by atoms with Gasteiger partial charge in [-0.25, -0.2) is 0 Å². The molecule has 2 aliphatic rings. The summed E-state index contributed by atoms with van der Waals surface area (Å²) in [5.41, 5.74) is 2.94. The standard InChI is InChI=1S/C21H26N2OS2.2CH4O4S/c1-25-17-6-7-21-18(15-17)19(14-16-4-2-3-5-20(16)26-21)23-10-8-22(9-11-23)12-13-24;2*1-5-6(2,3)4/h2-7,15,19,24H,8-14H2,1H3;2*1H3,(H,2,3,4). The summed E-state index contributed by atoms with van der Waals surface area (Å²) in [7, 11) is -6.58. The second-order valence-electron chi connectivity index (χ2n) is 8.12. The molecule has 4 rings (SSSR count). The number of aliphatic hydroxyl groups is 1. The zero-order chi connectivity index (χ0) is 28.3. The third-order valence-electron chi connectivity index (χ3n) is 5.87. The summed E-state index contributed by atoms with van der Waals surface area (Å²) in [6.45, 7) is 5.28. The van der Waals surface area contributed by atoms with Crippen LogP contribution < -0.4 is 0 Å². The Morgan fingerprint density at radius 1 is 0.947 bits per heavy atom. The summed E-state index contributed by atoms with van der Waals surface area (Å²) in [5, 5.41) is 9.21. The number of piperazine rings is 1. The van der Waals surface area contributed by atoms with E-state index in [9.17, 15) is 21.9 Å². The highest BCUT2D eigenvalue weighted by Crippen LogP contribution is 2.44. The first-order valence-corrected chi connectivity index (χ1v) is 16.2. The van der Waals surface area contributed by atoms with Crippen molar-refractivity contribution >= 4 is 44.3 Å². The van der Waals surface area contributed by atoms with Crippen molar-refractivity contribution in [2.45, 2.75) is 27.1 Å². The van der Waals surface area contributed by atoms with E-state index in [2.05, 4.69) is 66.9 Å². The predicted molar refractivity (Wildman–Crippen MR) is 147 cm³/mol. The first-order valence-electron chi connectivity index (χ1n) is 11.5. The maximum atomic E-state index is 9.33. The summed E-state index contributed by atoms with van der Waals surface area (Å²) < 4.78 is 59.4. The first-order chi connectivity index (χ1) is 17.9. The molecule has 15 heteroatoms. The van der Waals surface area contributed by atoms with Crippen molar-refractivity contribution in [1.29, 1.82) is 0 Å². The molecule has 1 atom stereocenters. The second kappa shape index (κ2) is 15.5. The quantitative estimate of drug-likeness (QED) is 0.325. The molecule has 2 aliphatic heterocycles. The summed E-state index contributed by atoms with van der Waals surface area (Å²) in [5.74, 6) is 0. The van der Waals surface area contributed by atoms with Crippen molar-refractivity contribution in [2.24, 2.45) is 0 Å². The van der Waals surface area contributed by atoms with Crippen LogP contribution in [0.3, 0.4) is 0 Å². The zero-order valence-corrected chi connectivity index (χ0v) is 24.7. The van der Waals surface area contributed by atoms with Crippen LogP contribution in [0.15, 0.2) is 57.2 Å². The molecular weight excluding hydrogens is 577 g/mol. The molecule has 38 heavy (non-hydrogen) atoms.